The Morgan fingerprint density at radius 3 is 2.54 bits per heavy atom. The van der Waals surface area contributed by atoms with E-state index in [9.17, 15) is 0 Å². The van der Waals surface area contributed by atoms with E-state index in [0.29, 0.717) is 5.92 Å². The molecular formula is C21H22ClNO. The van der Waals surface area contributed by atoms with E-state index in [2.05, 4.69) is 49.5 Å². The third kappa shape index (κ3) is 3.65. The van der Waals surface area contributed by atoms with Crippen molar-refractivity contribution in [3.05, 3.63) is 70.7 Å². The summed E-state index contributed by atoms with van der Waals surface area (Å²) >= 11 is 6.09. The molecule has 124 valence electrons. The standard InChI is InChI=1S/C21H22ClNO/c1-14-4-8-19(22)12-21(14)23-13-15(2)16-5-6-18-11-20(24-3)9-7-17(18)10-16/h4-12,15,23H,13H2,1-3H3. The summed E-state index contributed by atoms with van der Waals surface area (Å²) < 4.78 is 5.29. The van der Waals surface area contributed by atoms with Crippen LogP contribution in [-0.4, -0.2) is 13.7 Å². The second kappa shape index (κ2) is 7.14. The third-order valence-electron chi connectivity index (χ3n) is 4.44. The van der Waals surface area contributed by atoms with Crippen molar-refractivity contribution in [3.63, 3.8) is 0 Å². The van der Waals surface area contributed by atoms with E-state index in [0.717, 1.165) is 23.0 Å². The van der Waals surface area contributed by atoms with Gasteiger partial charge in [-0.25, -0.2) is 0 Å². The number of nitrogens with one attached hydrogen (secondary N) is 1. The number of hydrogen-bond donors (Lipinski definition) is 1. The Bertz CT molecular complexity index is 860. The van der Waals surface area contributed by atoms with E-state index in [1.54, 1.807) is 7.11 Å². The number of ether oxygens (including phenoxy) is 1. The largest absolute Gasteiger partial charge is 0.497 e. The zero-order chi connectivity index (χ0) is 17.1. The second-order valence-electron chi connectivity index (χ2n) is 6.21. The van der Waals surface area contributed by atoms with Crippen LogP contribution in [0.4, 0.5) is 5.69 Å². The van der Waals surface area contributed by atoms with Gasteiger partial charge in [0.05, 0.1) is 7.11 Å². The Hall–Kier alpha value is -2.19. The lowest BCUT2D eigenvalue weighted by atomic mass is 9.97. The molecule has 3 aromatic carbocycles. The molecule has 0 radical (unpaired) electrons. The van der Waals surface area contributed by atoms with Crippen LogP contribution in [0.15, 0.2) is 54.6 Å². The first-order valence-electron chi connectivity index (χ1n) is 8.14. The lowest BCUT2D eigenvalue weighted by molar-refractivity contribution is 0.415. The quantitative estimate of drug-likeness (QED) is 0.613. The number of fused-ring (bicyclic) bond motifs is 1. The molecule has 0 saturated carbocycles. The number of hydrogen-bond acceptors (Lipinski definition) is 2. The summed E-state index contributed by atoms with van der Waals surface area (Å²) in [6.07, 6.45) is 0. The molecule has 0 amide bonds. The number of rotatable bonds is 5. The molecule has 0 aromatic heterocycles. The SMILES string of the molecule is COc1ccc2cc(C(C)CNc3cc(Cl)ccc3C)ccc2c1. The summed E-state index contributed by atoms with van der Waals surface area (Å²) in [5.74, 6) is 1.29. The maximum Gasteiger partial charge on any atom is 0.119 e. The molecule has 1 N–H and O–H groups in total. The summed E-state index contributed by atoms with van der Waals surface area (Å²) in [6.45, 7) is 5.19. The fourth-order valence-corrected chi connectivity index (χ4v) is 3.01. The Morgan fingerprint density at radius 2 is 1.75 bits per heavy atom. The van der Waals surface area contributed by atoms with Crippen LogP contribution in [-0.2, 0) is 0 Å². The predicted octanol–water partition coefficient (Wildman–Crippen LogP) is 6.03. The van der Waals surface area contributed by atoms with Gasteiger partial charge in [-0.1, -0.05) is 48.9 Å². The van der Waals surface area contributed by atoms with Crippen molar-refractivity contribution in [2.24, 2.45) is 0 Å². The molecule has 0 fully saturated rings. The molecule has 2 nitrogen and oxygen atoms in total. The van der Waals surface area contributed by atoms with Crippen molar-refractivity contribution in [2.45, 2.75) is 19.8 Å². The van der Waals surface area contributed by atoms with Crippen LogP contribution >= 0.6 is 11.6 Å². The van der Waals surface area contributed by atoms with Crippen LogP contribution in [0.5, 0.6) is 5.75 Å². The van der Waals surface area contributed by atoms with Crippen LogP contribution in [0.25, 0.3) is 10.8 Å². The summed E-state index contributed by atoms with van der Waals surface area (Å²) in [5, 5.41) is 6.71. The molecule has 0 bridgehead atoms. The molecule has 0 aliphatic carbocycles. The number of methoxy groups -OCH3 is 1. The van der Waals surface area contributed by atoms with Crippen molar-refractivity contribution < 1.29 is 4.74 Å². The Morgan fingerprint density at radius 1 is 1.00 bits per heavy atom. The highest BCUT2D eigenvalue weighted by atomic mass is 35.5. The average Bonchev–Trinajstić information content (AvgIpc) is 2.61. The minimum atomic E-state index is 0.398. The van der Waals surface area contributed by atoms with Crippen LogP contribution in [0.1, 0.15) is 24.0 Å². The molecule has 0 spiro atoms. The molecule has 1 unspecified atom stereocenters. The van der Waals surface area contributed by atoms with Crippen LogP contribution < -0.4 is 10.1 Å². The van der Waals surface area contributed by atoms with Gasteiger partial charge in [-0.05, 0) is 59.0 Å². The molecule has 0 aliphatic heterocycles. The molecule has 24 heavy (non-hydrogen) atoms. The lowest BCUT2D eigenvalue weighted by Crippen LogP contribution is -2.10. The van der Waals surface area contributed by atoms with E-state index >= 15 is 0 Å². The van der Waals surface area contributed by atoms with Gasteiger partial charge in [0.1, 0.15) is 5.75 Å². The summed E-state index contributed by atoms with van der Waals surface area (Å²) in [4.78, 5) is 0. The van der Waals surface area contributed by atoms with Crippen LogP contribution in [0.2, 0.25) is 5.02 Å². The molecule has 0 aliphatic rings. The van der Waals surface area contributed by atoms with Gasteiger partial charge in [-0.15, -0.1) is 0 Å². The monoisotopic (exact) mass is 339 g/mol. The fourth-order valence-electron chi connectivity index (χ4n) is 2.84. The lowest BCUT2D eigenvalue weighted by Gasteiger charge is -2.16. The van der Waals surface area contributed by atoms with Gasteiger partial charge in [0.25, 0.3) is 0 Å². The average molecular weight is 340 g/mol. The van der Waals surface area contributed by atoms with Gasteiger partial charge in [0, 0.05) is 17.3 Å². The van der Waals surface area contributed by atoms with Gasteiger partial charge >= 0.3 is 0 Å². The van der Waals surface area contributed by atoms with Gasteiger partial charge in [0.15, 0.2) is 0 Å². The number of anilines is 1. The molecule has 1 atom stereocenters. The summed E-state index contributed by atoms with van der Waals surface area (Å²) in [6, 6.07) is 18.7. The van der Waals surface area contributed by atoms with Gasteiger partial charge in [-0.2, -0.15) is 0 Å². The topological polar surface area (TPSA) is 21.3 Å². The van der Waals surface area contributed by atoms with Gasteiger partial charge in [-0.3, -0.25) is 0 Å². The second-order valence-corrected chi connectivity index (χ2v) is 6.65. The van der Waals surface area contributed by atoms with Crippen molar-refractivity contribution >= 4 is 28.1 Å². The Labute approximate surface area is 148 Å². The normalized spacial score (nSPS) is 12.2. The first-order valence-corrected chi connectivity index (χ1v) is 8.52. The van der Waals surface area contributed by atoms with E-state index in [-0.39, 0.29) is 0 Å². The van der Waals surface area contributed by atoms with Crippen LogP contribution in [0, 0.1) is 6.92 Å². The molecular weight excluding hydrogens is 318 g/mol. The maximum absolute atomic E-state index is 6.09. The zero-order valence-corrected chi connectivity index (χ0v) is 15.0. The van der Waals surface area contributed by atoms with Crippen molar-refractivity contribution in [3.8, 4) is 5.75 Å². The number of aryl methyl sites for hydroxylation is 1. The minimum absolute atomic E-state index is 0.398. The van der Waals surface area contributed by atoms with E-state index in [4.69, 9.17) is 16.3 Å². The predicted molar refractivity (Wildman–Crippen MR) is 104 cm³/mol. The third-order valence-corrected chi connectivity index (χ3v) is 4.67. The Kier molecular flexibility index (Phi) is 4.96. The van der Waals surface area contributed by atoms with E-state index in [1.165, 1.54) is 21.9 Å². The van der Waals surface area contributed by atoms with Crippen molar-refractivity contribution in [1.29, 1.82) is 0 Å². The molecule has 3 rings (SSSR count). The summed E-state index contributed by atoms with van der Waals surface area (Å²) in [5.41, 5.74) is 3.62. The van der Waals surface area contributed by atoms with Gasteiger partial charge in [0.2, 0.25) is 0 Å². The highest BCUT2D eigenvalue weighted by molar-refractivity contribution is 6.30. The molecule has 3 heteroatoms. The summed E-state index contributed by atoms with van der Waals surface area (Å²) in [7, 11) is 1.70. The minimum Gasteiger partial charge on any atom is -0.497 e. The maximum atomic E-state index is 6.09. The highest BCUT2D eigenvalue weighted by Gasteiger charge is 2.08. The van der Waals surface area contributed by atoms with E-state index < -0.39 is 0 Å². The smallest absolute Gasteiger partial charge is 0.119 e. The zero-order valence-electron chi connectivity index (χ0n) is 14.3. The van der Waals surface area contributed by atoms with Crippen LogP contribution in [0.3, 0.4) is 0 Å². The van der Waals surface area contributed by atoms with E-state index in [1.807, 2.05) is 24.3 Å². The molecule has 0 saturated heterocycles. The molecule has 0 heterocycles. The number of benzene rings is 3. The fraction of sp³-hybridized carbons (Fsp3) is 0.238. The van der Waals surface area contributed by atoms with Gasteiger partial charge < -0.3 is 10.1 Å². The van der Waals surface area contributed by atoms with Crippen molar-refractivity contribution in [2.75, 3.05) is 19.0 Å². The van der Waals surface area contributed by atoms with Crippen molar-refractivity contribution in [1.82, 2.24) is 0 Å². The highest BCUT2D eigenvalue weighted by Crippen LogP contribution is 2.26. The number of halogens is 1. The first-order chi connectivity index (χ1) is 11.6. The Balaban J connectivity index is 1.76. The molecule has 3 aromatic rings. The first kappa shape index (κ1) is 16.7.